The lowest BCUT2D eigenvalue weighted by Crippen LogP contribution is -2.29. The van der Waals surface area contributed by atoms with Crippen LogP contribution in [0.15, 0.2) is 59.1 Å². The van der Waals surface area contributed by atoms with Crippen LogP contribution in [0.5, 0.6) is 0 Å². The van der Waals surface area contributed by atoms with E-state index in [0.29, 0.717) is 17.9 Å². The summed E-state index contributed by atoms with van der Waals surface area (Å²) in [6, 6.07) is 15.1. The second-order valence-corrected chi connectivity index (χ2v) is 7.06. The zero-order chi connectivity index (χ0) is 14.4. The lowest BCUT2D eigenvalue weighted by molar-refractivity contribution is 0.425. The molecule has 0 aromatic heterocycles. The maximum Gasteiger partial charge on any atom is 0.0640 e. The summed E-state index contributed by atoms with van der Waals surface area (Å²) in [4.78, 5) is 0. The largest absolute Gasteiger partial charge is 0.376 e. The Morgan fingerprint density at radius 1 is 1.14 bits per heavy atom. The summed E-state index contributed by atoms with van der Waals surface area (Å²) in [5.74, 6) is 1.02. The highest BCUT2D eigenvalue weighted by atomic mass is 79.9. The first-order valence-corrected chi connectivity index (χ1v) is 8.38. The third kappa shape index (κ3) is 2.21. The van der Waals surface area contributed by atoms with Gasteiger partial charge in [-0.2, -0.15) is 0 Å². The molecule has 0 saturated carbocycles. The molecule has 1 aliphatic heterocycles. The van der Waals surface area contributed by atoms with Crippen molar-refractivity contribution in [2.24, 2.45) is 5.92 Å². The van der Waals surface area contributed by atoms with Crippen molar-refractivity contribution in [1.29, 1.82) is 0 Å². The molecule has 0 saturated heterocycles. The van der Waals surface area contributed by atoms with Gasteiger partial charge in [0.15, 0.2) is 0 Å². The molecular formula is C18H15BrClN. The molecule has 3 atom stereocenters. The maximum atomic E-state index is 6.42. The lowest BCUT2D eigenvalue weighted by Gasteiger charge is -2.38. The van der Waals surface area contributed by atoms with Gasteiger partial charge in [-0.15, -0.1) is 0 Å². The summed E-state index contributed by atoms with van der Waals surface area (Å²) in [5, 5.41) is 4.50. The average molecular weight is 361 g/mol. The van der Waals surface area contributed by atoms with Crippen molar-refractivity contribution in [3.8, 4) is 0 Å². The first-order valence-electron chi connectivity index (χ1n) is 7.21. The standard InChI is InChI=1S/C18H15BrClN/c19-12-5-1-4-11(10-12)17-14-7-2-6-13(14)15-8-3-9-16(20)18(15)21-17/h1-6,8-10,13-14,17,21H,7H2/t13-,14+,17+/m1/s1. The predicted octanol–water partition coefficient (Wildman–Crippen LogP) is 5.93. The predicted molar refractivity (Wildman–Crippen MR) is 91.9 cm³/mol. The SMILES string of the molecule is Clc1cccc2c1N[C@@H](c1cccc(Br)c1)[C@H]1CC=C[C@@H]21. The summed E-state index contributed by atoms with van der Waals surface area (Å²) in [5.41, 5.74) is 3.73. The molecule has 1 nitrogen and oxygen atoms in total. The van der Waals surface area contributed by atoms with E-state index in [1.165, 1.54) is 11.1 Å². The summed E-state index contributed by atoms with van der Waals surface area (Å²) in [6.07, 6.45) is 5.75. The van der Waals surface area contributed by atoms with E-state index in [0.717, 1.165) is 21.6 Å². The molecule has 106 valence electrons. The molecule has 2 aromatic carbocycles. The maximum absolute atomic E-state index is 6.42. The third-order valence-corrected chi connectivity index (χ3v) is 5.36. The molecule has 1 N–H and O–H groups in total. The summed E-state index contributed by atoms with van der Waals surface area (Å²) in [6.45, 7) is 0. The zero-order valence-corrected chi connectivity index (χ0v) is 13.7. The van der Waals surface area contributed by atoms with Crippen molar-refractivity contribution < 1.29 is 0 Å². The fraction of sp³-hybridized carbons (Fsp3) is 0.222. The highest BCUT2D eigenvalue weighted by molar-refractivity contribution is 9.10. The van der Waals surface area contributed by atoms with E-state index in [4.69, 9.17) is 11.6 Å². The van der Waals surface area contributed by atoms with Crippen molar-refractivity contribution in [3.63, 3.8) is 0 Å². The molecule has 0 bridgehead atoms. The topological polar surface area (TPSA) is 12.0 Å². The normalized spacial score (nSPS) is 26.1. The van der Waals surface area contributed by atoms with Crippen molar-refractivity contribution >= 4 is 33.2 Å². The van der Waals surface area contributed by atoms with E-state index in [2.05, 4.69) is 63.7 Å². The molecule has 4 rings (SSSR count). The molecule has 3 heteroatoms. The highest BCUT2D eigenvalue weighted by Gasteiger charge is 2.38. The van der Waals surface area contributed by atoms with E-state index >= 15 is 0 Å². The summed E-state index contributed by atoms with van der Waals surface area (Å²) in [7, 11) is 0. The van der Waals surface area contributed by atoms with Crippen molar-refractivity contribution in [3.05, 3.63) is 75.2 Å². The van der Waals surface area contributed by atoms with Gasteiger partial charge in [-0.05, 0) is 41.7 Å². The Balaban J connectivity index is 1.83. The van der Waals surface area contributed by atoms with E-state index in [9.17, 15) is 0 Å². The van der Waals surface area contributed by atoms with Gasteiger partial charge in [-0.1, -0.05) is 63.9 Å². The van der Waals surface area contributed by atoms with Crippen LogP contribution in [0.1, 0.15) is 29.5 Å². The third-order valence-electron chi connectivity index (χ3n) is 4.55. The van der Waals surface area contributed by atoms with Crippen LogP contribution in [0.25, 0.3) is 0 Å². The van der Waals surface area contributed by atoms with Crippen LogP contribution in [0, 0.1) is 5.92 Å². The van der Waals surface area contributed by atoms with Gasteiger partial charge in [0.2, 0.25) is 0 Å². The summed E-state index contributed by atoms with van der Waals surface area (Å²) >= 11 is 10.00. The monoisotopic (exact) mass is 359 g/mol. The Labute approximate surface area is 138 Å². The van der Waals surface area contributed by atoms with Gasteiger partial charge < -0.3 is 5.32 Å². The van der Waals surface area contributed by atoms with Crippen LogP contribution in [0.4, 0.5) is 5.69 Å². The Morgan fingerprint density at radius 2 is 2.00 bits per heavy atom. The average Bonchev–Trinajstić information content (AvgIpc) is 2.96. The van der Waals surface area contributed by atoms with Crippen LogP contribution >= 0.6 is 27.5 Å². The number of halogens is 2. The van der Waals surface area contributed by atoms with Gasteiger partial charge in [-0.3, -0.25) is 0 Å². The van der Waals surface area contributed by atoms with Crippen LogP contribution in [-0.4, -0.2) is 0 Å². The lowest BCUT2D eigenvalue weighted by atomic mass is 9.77. The number of fused-ring (bicyclic) bond motifs is 3. The van der Waals surface area contributed by atoms with Gasteiger partial charge in [0.1, 0.15) is 0 Å². The van der Waals surface area contributed by atoms with E-state index in [1.54, 1.807) is 0 Å². The quantitative estimate of drug-likeness (QED) is 0.622. The highest BCUT2D eigenvalue weighted by Crippen LogP contribution is 2.51. The molecule has 0 radical (unpaired) electrons. The van der Waals surface area contributed by atoms with E-state index < -0.39 is 0 Å². The number of nitrogens with one attached hydrogen (secondary N) is 1. The minimum Gasteiger partial charge on any atom is -0.376 e. The molecule has 1 heterocycles. The minimum atomic E-state index is 0.301. The van der Waals surface area contributed by atoms with Crippen LogP contribution in [0.3, 0.4) is 0 Å². The van der Waals surface area contributed by atoms with Crippen LogP contribution in [0.2, 0.25) is 5.02 Å². The number of hydrogen-bond acceptors (Lipinski definition) is 1. The molecule has 0 amide bonds. The molecule has 0 fully saturated rings. The van der Waals surface area contributed by atoms with Gasteiger partial charge in [0.25, 0.3) is 0 Å². The van der Waals surface area contributed by atoms with E-state index in [1.807, 2.05) is 12.1 Å². The van der Waals surface area contributed by atoms with Gasteiger partial charge >= 0.3 is 0 Å². The minimum absolute atomic E-state index is 0.301. The number of anilines is 1. The Hall–Kier alpha value is -1.25. The van der Waals surface area contributed by atoms with Crippen LogP contribution < -0.4 is 5.32 Å². The Morgan fingerprint density at radius 3 is 2.86 bits per heavy atom. The van der Waals surface area contributed by atoms with Crippen LogP contribution in [-0.2, 0) is 0 Å². The second-order valence-electron chi connectivity index (χ2n) is 5.73. The number of hydrogen-bond donors (Lipinski definition) is 1. The first-order chi connectivity index (χ1) is 10.2. The molecule has 2 aromatic rings. The number of para-hydroxylation sites is 1. The van der Waals surface area contributed by atoms with Crippen molar-refractivity contribution in [2.75, 3.05) is 5.32 Å². The van der Waals surface area contributed by atoms with Gasteiger partial charge in [0, 0.05) is 10.4 Å². The Kier molecular flexibility index (Phi) is 3.31. The number of rotatable bonds is 1. The molecule has 21 heavy (non-hydrogen) atoms. The molecule has 2 aliphatic rings. The molecular weight excluding hydrogens is 346 g/mol. The first kappa shape index (κ1) is 13.4. The number of benzene rings is 2. The molecule has 0 unspecified atom stereocenters. The van der Waals surface area contributed by atoms with E-state index in [-0.39, 0.29) is 0 Å². The Bertz CT molecular complexity index is 725. The van der Waals surface area contributed by atoms with Gasteiger partial charge in [-0.25, -0.2) is 0 Å². The fourth-order valence-corrected chi connectivity index (χ4v) is 4.27. The smallest absolute Gasteiger partial charge is 0.0640 e. The second kappa shape index (κ2) is 5.19. The zero-order valence-electron chi connectivity index (χ0n) is 11.4. The van der Waals surface area contributed by atoms with Crippen molar-refractivity contribution in [1.82, 2.24) is 0 Å². The molecule has 1 aliphatic carbocycles. The van der Waals surface area contributed by atoms with Gasteiger partial charge in [0.05, 0.1) is 16.8 Å². The number of allylic oxidation sites excluding steroid dienone is 2. The molecule has 0 spiro atoms. The fourth-order valence-electron chi connectivity index (χ4n) is 3.61. The summed E-state index contributed by atoms with van der Waals surface area (Å²) < 4.78 is 1.12. The van der Waals surface area contributed by atoms with Crippen molar-refractivity contribution in [2.45, 2.75) is 18.4 Å².